The van der Waals surface area contributed by atoms with Crippen LogP contribution >= 0.6 is 0 Å². The SMILES string of the molecule is C=C(NC(C)(C)C(=O)NS(=O)(=O)C(C)CC)[C@@H]1C[C@@H](Oc2cc(OC(C)C)nc3c(OC)c(F)ccc23)CN1C(C)=O. The van der Waals surface area contributed by atoms with Crippen LogP contribution in [0.3, 0.4) is 0 Å². The molecule has 1 aliphatic heterocycles. The molecule has 2 aromatic rings. The Morgan fingerprint density at radius 1 is 1.26 bits per heavy atom. The molecular formula is C29H41FN4O7S. The Balaban J connectivity index is 1.87. The first-order valence-electron chi connectivity index (χ1n) is 13.8. The van der Waals surface area contributed by atoms with E-state index in [0.29, 0.717) is 29.7 Å². The molecule has 0 bridgehead atoms. The van der Waals surface area contributed by atoms with Crippen LogP contribution in [-0.2, 0) is 19.6 Å². The summed E-state index contributed by atoms with van der Waals surface area (Å²) in [7, 11) is -2.50. The van der Waals surface area contributed by atoms with Crippen molar-refractivity contribution in [2.45, 2.75) is 90.3 Å². The predicted octanol–water partition coefficient (Wildman–Crippen LogP) is 3.66. The van der Waals surface area contributed by atoms with E-state index in [0.717, 1.165) is 0 Å². The Hall–Kier alpha value is -3.61. The number of halogens is 1. The van der Waals surface area contributed by atoms with E-state index in [4.69, 9.17) is 14.2 Å². The molecule has 42 heavy (non-hydrogen) atoms. The number of likely N-dealkylation sites (tertiary alicyclic amines) is 1. The summed E-state index contributed by atoms with van der Waals surface area (Å²) in [5.41, 5.74) is -0.774. The fourth-order valence-corrected chi connectivity index (χ4v) is 5.79. The third-order valence-corrected chi connectivity index (χ3v) is 8.99. The molecule has 11 nitrogen and oxygen atoms in total. The van der Waals surface area contributed by atoms with E-state index in [9.17, 15) is 22.4 Å². The van der Waals surface area contributed by atoms with Crippen LogP contribution in [0.1, 0.15) is 61.3 Å². The van der Waals surface area contributed by atoms with Crippen LogP contribution in [0, 0.1) is 5.82 Å². The first-order chi connectivity index (χ1) is 19.5. The maximum atomic E-state index is 14.5. The van der Waals surface area contributed by atoms with Gasteiger partial charge in [-0.2, -0.15) is 0 Å². The number of amides is 2. The summed E-state index contributed by atoms with van der Waals surface area (Å²) < 4.78 is 59.0. The molecule has 2 N–H and O–H groups in total. The van der Waals surface area contributed by atoms with E-state index in [1.54, 1.807) is 24.0 Å². The van der Waals surface area contributed by atoms with Crippen molar-refractivity contribution < 1.29 is 36.6 Å². The van der Waals surface area contributed by atoms with Crippen molar-refractivity contribution in [3.63, 3.8) is 0 Å². The number of ether oxygens (including phenoxy) is 3. The van der Waals surface area contributed by atoms with Crippen LogP contribution in [0.2, 0.25) is 0 Å². The van der Waals surface area contributed by atoms with E-state index in [-0.39, 0.29) is 35.7 Å². The van der Waals surface area contributed by atoms with Crippen LogP contribution in [-0.4, -0.2) is 72.8 Å². The van der Waals surface area contributed by atoms with Gasteiger partial charge in [-0.15, -0.1) is 0 Å². The molecule has 13 heteroatoms. The number of fused-ring (bicyclic) bond motifs is 1. The lowest BCUT2D eigenvalue weighted by Gasteiger charge is -2.32. The van der Waals surface area contributed by atoms with Crippen LogP contribution < -0.4 is 24.2 Å². The lowest BCUT2D eigenvalue weighted by atomic mass is 10.0. The highest BCUT2D eigenvalue weighted by atomic mass is 32.2. The quantitative estimate of drug-likeness (QED) is 0.370. The molecule has 1 aliphatic rings. The maximum absolute atomic E-state index is 14.5. The van der Waals surface area contributed by atoms with Gasteiger partial charge in [-0.3, -0.25) is 14.3 Å². The van der Waals surface area contributed by atoms with Crippen molar-refractivity contribution in [2.75, 3.05) is 13.7 Å². The minimum absolute atomic E-state index is 0.0466. The Bertz CT molecular complexity index is 1460. The smallest absolute Gasteiger partial charge is 0.258 e. The van der Waals surface area contributed by atoms with Crippen molar-refractivity contribution in [3.8, 4) is 17.4 Å². The van der Waals surface area contributed by atoms with Crippen molar-refractivity contribution in [1.29, 1.82) is 0 Å². The normalized spacial score (nSPS) is 18.1. The van der Waals surface area contributed by atoms with Crippen LogP contribution in [0.5, 0.6) is 17.4 Å². The summed E-state index contributed by atoms with van der Waals surface area (Å²) >= 11 is 0. The molecule has 1 aromatic heterocycles. The van der Waals surface area contributed by atoms with Gasteiger partial charge in [0, 0.05) is 30.5 Å². The molecule has 3 rings (SSSR count). The first-order valence-corrected chi connectivity index (χ1v) is 15.4. The van der Waals surface area contributed by atoms with E-state index >= 15 is 0 Å². The van der Waals surface area contributed by atoms with E-state index in [2.05, 4.69) is 21.6 Å². The molecule has 0 spiro atoms. The molecule has 0 aliphatic carbocycles. The summed E-state index contributed by atoms with van der Waals surface area (Å²) in [5, 5.41) is 2.78. The Kier molecular flexibility index (Phi) is 9.96. The number of methoxy groups -OCH3 is 1. The highest BCUT2D eigenvalue weighted by molar-refractivity contribution is 7.90. The molecule has 3 atom stereocenters. The number of aromatic nitrogens is 1. The zero-order valence-corrected chi connectivity index (χ0v) is 26.2. The average molecular weight is 609 g/mol. The second kappa shape index (κ2) is 12.7. The van der Waals surface area contributed by atoms with Gasteiger partial charge >= 0.3 is 0 Å². The molecule has 2 amide bonds. The fourth-order valence-electron chi connectivity index (χ4n) is 4.64. The lowest BCUT2D eigenvalue weighted by molar-refractivity contribution is -0.129. The third-order valence-electron chi connectivity index (χ3n) is 7.13. The van der Waals surface area contributed by atoms with Gasteiger partial charge in [0.2, 0.25) is 21.8 Å². The Labute approximate surface area is 246 Å². The number of pyridine rings is 1. The van der Waals surface area contributed by atoms with Gasteiger partial charge < -0.3 is 24.4 Å². The number of hydrogen-bond acceptors (Lipinski definition) is 9. The zero-order valence-electron chi connectivity index (χ0n) is 25.4. The number of rotatable bonds is 12. The highest BCUT2D eigenvalue weighted by Crippen LogP contribution is 2.37. The van der Waals surface area contributed by atoms with Crippen LogP contribution in [0.4, 0.5) is 4.39 Å². The van der Waals surface area contributed by atoms with E-state index < -0.39 is 44.7 Å². The minimum Gasteiger partial charge on any atom is -0.491 e. The highest BCUT2D eigenvalue weighted by Gasteiger charge is 2.40. The second-order valence-corrected chi connectivity index (χ2v) is 13.3. The van der Waals surface area contributed by atoms with Gasteiger partial charge in [-0.05, 0) is 53.2 Å². The average Bonchev–Trinajstić information content (AvgIpc) is 3.31. The van der Waals surface area contributed by atoms with Crippen LogP contribution in [0.15, 0.2) is 30.5 Å². The summed E-state index contributed by atoms with van der Waals surface area (Å²) in [5.74, 6) is -1.01. The number of sulfonamides is 1. The van der Waals surface area contributed by atoms with Crippen molar-refractivity contribution in [3.05, 3.63) is 36.3 Å². The molecule has 1 unspecified atom stereocenters. The number of carbonyl (C=O) groups excluding carboxylic acids is 2. The summed E-state index contributed by atoms with van der Waals surface area (Å²) in [6.07, 6.45) is -0.0494. The number of benzene rings is 1. The summed E-state index contributed by atoms with van der Waals surface area (Å²) in [6.45, 7) is 15.7. The second-order valence-electron chi connectivity index (χ2n) is 11.2. The molecule has 2 heterocycles. The standard InChI is InChI=1S/C29H41FN4O7S/c1-10-17(4)42(37,38)33-28(36)29(7,8)32-18(5)23-13-20(15-34(23)19(6)35)41-24-14-25(40-16(2)3)31-26-21(24)11-12-22(30)27(26)39-9/h11-12,14,16-17,20,23,32H,5,10,13,15H2,1-4,6-9H3,(H,33,36)/t17?,20-,23+/m1/s1. The van der Waals surface area contributed by atoms with Gasteiger partial charge in [-0.25, -0.2) is 17.8 Å². The zero-order chi connectivity index (χ0) is 31.6. The maximum Gasteiger partial charge on any atom is 0.258 e. The molecule has 232 valence electrons. The summed E-state index contributed by atoms with van der Waals surface area (Å²) in [4.78, 5) is 31.5. The first kappa shape index (κ1) is 32.9. The van der Waals surface area contributed by atoms with Gasteiger partial charge in [0.1, 0.15) is 22.9 Å². The largest absolute Gasteiger partial charge is 0.491 e. The van der Waals surface area contributed by atoms with E-state index in [1.165, 1.54) is 40.9 Å². The predicted molar refractivity (Wildman–Crippen MR) is 157 cm³/mol. The number of carbonyl (C=O) groups is 2. The minimum atomic E-state index is -3.85. The van der Waals surface area contributed by atoms with Gasteiger partial charge in [0.15, 0.2) is 11.6 Å². The fraction of sp³-hybridized carbons (Fsp3) is 0.552. The van der Waals surface area contributed by atoms with Crippen molar-refractivity contribution in [2.24, 2.45) is 0 Å². The molecule has 0 saturated carbocycles. The Morgan fingerprint density at radius 2 is 1.93 bits per heavy atom. The molecular weight excluding hydrogens is 567 g/mol. The van der Waals surface area contributed by atoms with Crippen molar-refractivity contribution in [1.82, 2.24) is 19.9 Å². The molecule has 1 saturated heterocycles. The molecule has 1 fully saturated rings. The van der Waals surface area contributed by atoms with Gasteiger partial charge in [0.25, 0.3) is 5.91 Å². The van der Waals surface area contributed by atoms with Gasteiger partial charge in [-0.1, -0.05) is 13.5 Å². The number of nitrogens with zero attached hydrogens (tertiary/aromatic N) is 2. The lowest BCUT2D eigenvalue weighted by Crippen LogP contribution is -2.56. The number of hydrogen-bond donors (Lipinski definition) is 2. The van der Waals surface area contributed by atoms with Crippen molar-refractivity contribution >= 4 is 32.7 Å². The monoisotopic (exact) mass is 608 g/mol. The Morgan fingerprint density at radius 3 is 2.50 bits per heavy atom. The number of nitrogens with one attached hydrogen (secondary N) is 2. The van der Waals surface area contributed by atoms with Gasteiger partial charge in [0.05, 0.1) is 31.1 Å². The molecule has 0 radical (unpaired) electrons. The van der Waals surface area contributed by atoms with Crippen LogP contribution in [0.25, 0.3) is 10.9 Å². The molecule has 1 aromatic carbocycles. The topological polar surface area (TPSA) is 136 Å². The summed E-state index contributed by atoms with van der Waals surface area (Å²) in [6, 6.07) is 3.86. The third kappa shape index (κ3) is 7.23. The van der Waals surface area contributed by atoms with E-state index in [1.807, 2.05) is 13.8 Å².